The van der Waals surface area contributed by atoms with E-state index < -0.39 is 0 Å². The maximum absolute atomic E-state index is 12.4. The predicted molar refractivity (Wildman–Crippen MR) is 91.8 cm³/mol. The molecule has 0 aliphatic carbocycles. The quantitative estimate of drug-likeness (QED) is 0.905. The second-order valence-electron chi connectivity index (χ2n) is 7.46. The Morgan fingerprint density at radius 1 is 1.35 bits per heavy atom. The summed E-state index contributed by atoms with van der Waals surface area (Å²) in [6.45, 7) is 11.5. The van der Waals surface area contributed by atoms with Crippen LogP contribution in [0.15, 0.2) is 18.2 Å². The van der Waals surface area contributed by atoms with Crippen molar-refractivity contribution in [2.75, 3.05) is 13.2 Å². The molecule has 1 aliphatic heterocycles. The van der Waals surface area contributed by atoms with Crippen molar-refractivity contribution in [3.8, 4) is 5.75 Å². The molecule has 0 radical (unpaired) electrons. The first-order valence-electron chi connectivity index (χ1n) is 8.40. The summed E-state index contributed by atoms with van der Waals surface area (Å²) >= 11 is 0. The van der Waals surface area contributed by atoms with E-state index in [0.717, 1.165) is 29.7 Å². The van der Waals surface area contributed by atoms with Crippen molar-refractivity contribution in [2.45, 2.75) is 59.6 Å². The third-order valence-electron chi connectivity index (χ3n) is 4.39. The van der Waals surface area contributed by atoms with Gasteiger partial charge in [-0.3, -0.25) is 4.79 Å². The summed E-state index contributed by atoms with van der Waals surface area (Å²) in [6.07, 6.45) is 1.46. The summed E-state index contributed by atoms with van der Waals surface area (Å²) in [5.41, 5.74) is 2.14. The van der Waals surface area contributed by atoms with E-state index in [9.17, 15) is 4.79 Å². The van der Waals surface area contributed by atoms with Gasteiger partial charge in [0.1, 0.15) is 18.5 Å². The van der Waals surface area contributed by atoms with Gasteiger partial charge in [-0.25, -0.2) is 0 Å². The molecule has 1 aromatic carbocycles. The molecule has 4 nitrogen and oxygen atoms in total. The Labute approximate surface area is 139 Å². The number of aryl methyl sites for hydroxylation is 2. The number of carbonyl (C=O) groups excluding carboxylic acids is 1. The number of hydrogen-bond acceptors (Lipinski definition) is 3. The normalized spacial score (nSPS) is 19.4. The van der Waals surface area contributed by atoms with Gasteiger partial charge in [-0.2, -0.15) is 0 Å². The molecule has 0 saturated carbocycles. The van der Waals surface area contributed by atoms with Gasteiger partial charge in [0.25, 0.3) is 0 Å². The third-order valence-corrected chi connectivity index (χ3v) is 4.39. The zero-order valence-electron chi connectivity index (χ0n) is 14.9. The highest BCUT2D eigenvalue weighted by Crippen LogP contribution is 2.25. The van der Waals surface area contributed by atoms with Gasteiger partial charge in [0.2, 0.25) is 5.91 Å². The molecule has 0 unspecified atom stereocenters. The molecule has 1 aromatic rings. The number of amides is 1. The zero-order chi connectivity index (χ0) is 17.0. The molecular weight excluding hydrogens is 290 g/mol. The minimum absolute atomic E-state index is 0.0208. The number of hydrogen-bond donors (Lipinski definition) is 1. The Morgan fingerprint density at radius 3 is 2.52 bits per heavy atom. The van der Waals surface area contributed by atoms with Crippen molar-refractivity contribution in [1.29, 1.82) is 0 Å². The minimum Gasteiger partial charge on any atom is -0.491 e. The molecule has 1 heterocycles. The number of benzene rings is 1. The second kappa shape index (κ2) is 7.35. The lowest BCUT2D eigenvalue weighted by Crippen LogP contribution is -2.50. The van der Waals surface area contributed by atoms with E-state index in [1.165, 1.54) is 0 Å². The van der Waals surface area contributed by atoms with Crippen LogP contribution in [0.25, 0.3) is 0 Å². The smallest absolute Gasteiger partial charge is 0.249 e. The van der Waals surface area contributed by atoms with Crippen LogP contribution in [-0.4, -0.2) is 31.3 Å². The second-order valence-corrected chi connectivity index (χ2v) is 7.46. The van der Waals surface area contributed by atoms with Gasteiger partial charge in [0.05, 0.1) is 6.04 Å². The summed E-state index contributed by atoms with van der Waals surface area (Å²) in [6, 6.07) is 6.04. The maximum atomic E-state index is 12.4. The molecule has 128 valence electrons. The SMILES string of the molecule is Cc1cccc(C)c1OC[C@H](NC(=O)[C@@H]1CCCO1)C(C)(C)C. The van der Waals surface area contributed by atoms with Crippen molar-refractivity contribution in [2.24, 2.45) is 5.41 Å². The minimum atomic E-state index is -0.306. The van der Waals surface area contributed by atoms with Gasteiger partial charge in [-0.05, 0) is 43.2 Å². The van der Waals surface area contributed by atoms with E-state index in [0.29, 0.717) is 13.2 Å². The standard InChI is InChI=1S/C19H29NO3/c1-13-8-6-9-14(2)17(13)23-12-16(19(3,4)5)20-18(21)15-10-7-11-22-15/h6,8-9,15-16H,7,10-12H2,1-5H3,(H,20,21)/t15-,16-/m0/s1. The average molecular weight is 319 g/mol. The number of carbonyl (C=O) groups is 1. The van der Waals surface area contributed by atoms with Crippen LogP contribution in [0.2, 0.25) is 0 Å². The summed E-state index contributed by atoms with van der Waals surface area (Å²) < 4.78 is 11.5. The molecule has 0 aromatic heterocycles. The molecule has 23 heavy (non-hydrogen) atoms. The van der Waals surface area contributed by atoms with Crippen LogP contribution in [0.3, 0.4) is 0 Å². The molecule has 2 atom stereocenters. The van der Waals surface area contributed by atoms with Crippen molar-refractivity contribution in [3.63, 3.8) is 0 Å². The van der Waals surface area contributed by atoms with Crippen LogP contribution < -0.4 is 10.1 Å². The van der Waals surface area contributed by atoms with E-state index in [1.54, 1.807) is 0 Å². The summed E-state index contributed by atoms with van der Waals surface area (Å²) in [5, 5.41) is 3.12. The lowest BCUT2D eigenvalue weighted by molar-refractivity contribution is -0.131. The Balaban J connectivity index is 2.03. The lowest BCUT2D eigenvalue weighted by atomic mass is 9.87. The average Bonchev–Trinajstić information content (AvgIpc) is 2.98. The van der Waals surface area contributed by atoms with Crippen molar-refractivity contribution in [3.05, 3.63) is 29.3 Å². The van der Waals surface area contributed by atoms with Gasteiger partial charge in [0, 0.05) is 6.61 Å². The monoisotopic (exact) mass is 319 g/mol. The maximum Gasteiger partial charge on any atom is 0.249 e. The first kappa shape index (κ1) is 17.8. The van der Waals surface area contributed by atoms with Gasteiger partial charge in [-0.1, -0.05) is 39.0 Å². The highest BCUT2D eigenvalue weighted by molar-refractivity contribution is 5.81. The number of ether oxygens (including phenoxy) is 2. The van der Waals surface area contributed by atoms with Crippen LogP contribution in [0.1, 0.15) is 44.7 Å². The molecule has 0 bridgehead atoms. The molecular formula is C19H29NO3. The highest BCUT2D eigenvalue weighted by Gasteiger charge is 2.31. The summed E-state index contributed by atoms with van der Waals surface area (Å²) in [5.74, 6) is 0.889. The fraction of sp³-hybridized carbons (Fsp3) is 0.632. The number of nitrogens with one attached hydrogen (secondary N) is 1. The van der Waals surface area contributed by atoms with Crippen LogP contribution in [-0.2, 0) is 9.53 Å². The van der Waals surface area contributed by atoms with E-state index in [-0.39, 0.29) is 23.5 Å². The Bertz CT molecular complexity index is 522. The van der Waals surface area contributed by atoms with Gasteiger partial charge < -0.3 is 14.8 Å². The van der Waals surface area contributed by atoms with Crippen molar-refractivity contribution >= 4 is 5.91 Å². The number of para-hydroxylation sites is 1. The highest BCUT2D eigenvalue weighted by atomic mass is 16.5. The van der Waals surface area contributed by atoms with Crippen LogP contribution in [0.5, 0.6) is 5.75 Å². The van der Waals surface area contributed by atoms with Crippen LogP contribution in [0.4, 0.5) is 0 Å². The van der Waals surface area contributed by atoms with E-state index in [1.807, 2.05) is 32.0 Å². The fourth-order valence-corrected chi connectivity index (χ4v) is 2.75. The molecule has 1 saturated heterocycles. The van der Waals surface area contributed by atoms with E-state index in [4.69, 9.17) is 9.47 Å². The summed E-state index contributed by atoms with van der Waals surface area (Å²) in [7, 11) is 0. The molecule has 1 amide bonds. The first-order chi connectivity index (χ1) is 10.8. The number of rotatable bonds is 5. The van der Waals surface area contributed by atoms with Crippen molar-refractivity contribution < 1.29 is 14.3 Å². The Kier molecular flexibility index (Phi) is 5.69. The van der Waals surface area contributed by atoms with Gasteiger partial charge in [-0.15, -0.1) is 0 Å². The zero-order valence-corrected chi connectivity index (χ0v) is 14.9. The Morgan fingerprint density at radius 2 is 2.00 bits per heavy atom. The van der Waals surface area contributed by atoms with Crippen molar-refractivity contribution in [1.82, 2.24) is 5.32 Å². The first-order valence-corrected chi connectivity index (χ1v) is 8.40. The topological polar surface area (TPSA) is 47.6 Å². The molecule has 1 fully saturated rings. The predicted octanol–water partition coefficient (Wildman–Crippen LogP) is 3.39. The van der Waals surface area contributed by atoms with Crippen LogP contribution in [0, 0.1) is 19.3 Å². The molecule has 0 spiro atoms. The summed E-state index contributed by atoms with van der Waals surface area (Å²) in [4.78, 5) is 12.4. The van der Waals surface area contributed by atoms with Gasteiger partial charge in [0.15, 0.2) is 0 Å². The molecule has 1 aliphatic rings. The largest absolute Gasteiger partial charge is 0.491 e. The van der Waals surface area contributed by atoms with E-state index >= 15 is 0 Å². The molecule has 1 N–H and O–H groups in total. The molecule has 2 rings (SSSR count). The van der Waals surface area contributed by atoms with E-state index in [2.05, 4.69) is 26.1 Å². The lowest BCUT2D eigenvalue weighted by Gasteiger charge is -2.32. The molecule has 4 heteroatoms. The third kappa shape index (κ3) is 4.71. The fourth-order valence-electron chi connectivity index (χ4n) is 2.75. The van der Waals surface area contributed by atoms with Gasteiger partial charge >= 0.3 is 0 Å². The Hall–Kier alpha value is -1.55. The van der Waals surface area contributed by atoms with Crippen LogP contribution >= 0.6 is 0 Å².